The van der Waals surface area contributed by atoms with Crippen LogP contribution < -0.4 is 11.5 Å². The van der Waals surface area contributed by atoms with E-state index in [1.54, 1.807) is 0 Å². The number of halogens is 3. The highest BCUT2D eigenvalue weighted by atomic mass is 35.6. The first-order chi connectivity index (χ1) is 5.68. The van der Waals surface area contributed by atoms with Crippen molar-refractivity contribution in [3.05, 3.63) is 11.3 Å². The van der Waals surface area contributed by atoms with E-state index >= 15 is 0 Å². The molecule has 1 amide bonds. The summed E-state index contributed by atoms with van der Waals surface area (Å²) in [7, 11) is 0. The summed E-state index contributed by atoms with van der Waals surface area (Å²) in [6.45, 7) is 1.10. The Labute approximate surface area is 89.8 Å². The maximum absolute atomic E-state index is 10.9. The maximum atomic E-state index is 10.9. The van der Waals surface area contributed by atoms with Gasteiger partial charge in [-0.3, -0.25) is 9.59 Å². The minimum atomic E-state index is -2.00. The van der Waals surface area contributed by atoms with Crippen LogP contribution >= 0.6 is 34.8 Å². The highest BCUT2D eigenvalue weighted by molar-refractivity contribution is 6.69. The molecule has 0 spiro atoms. The lowest BCUT2D eigenvalue weighted by atomic mass is 10.1. The van der Waals surface area contributed by atoms with Crippen molar-refractivity contribution in [3.8, 4) is 0 Å². The summed E-state index contributed by atoms with van der Waals surface area (Å²) in [5.41, 5.74) is 9.17. The van der Waals surface area contributed by atoms with Gasteiger partial charge in [0.05, 0.1) is 5.70 Å². The van der Waals surface area contributed by atoms with Gasteiger partial charge in [-0.25, -0.2) is 0 Å². The van der Waals surface area contributed by atoms with Gasteiger partial charge in [0, 0.05) is 0 Å². The van der Waals surface area contributed by atoms with E-state index in [0.717, 1.165) is 6.92 Å². The summed E-state index contributed by atoms with van der Waals surface area (Å²) >= 11 is 16.1. The Kier molecular flexibility index (Phi) is 4.03. The van der Waals surface area contributed by atoms with Gasteiger partial charge in [0.2, 0.25) is 3.79 Å². The Hall–Kier alpha value is -0.450. The molecule has 4 nitrogen and oxygen atoms in total. The molecule has 0 unspecified atom stereocenters. The number of Topliss-reactive ketones (excluding diaryl/α,β-unsaturated/α-hetero) is 1. The van der Waals surface area contributed by atoms with E-state index in [1.807, 2.05) is 0 Å². The van der Waals surface area contributed by atoms with E-state index < -0.39 is 26.8 Å². The molecule has 0 aliphatic heterocycles. The van der Waals surface area contributed by atoms with Gasteiger partial charge in [0.1, 0.15) is 5.57 Å². The minimum absolute atomic E-state index is 0.461. The van der Waals surface area contributed by atoms with Crippen LogP contribution in [-0.4, -0.2) is 15.5 Å². The topological polar surface area (TPSA) is 86.2 Å². The van der Waals surface area contributed by atoms with Crippen LogP contribution in [0.15, 0.2) is 11.3 Å². The number of carbonyl (C=O) groups is 2. The first-order valence-electron chi connectivity index (χ1n) is 3.05. The quantitative estimate of drug-likeness (QED) is 0.324. The molecule has 0 heterocycles. The molecule has 4 N–H and O–H groups in total. The maximum Gasteiger partial charge on any atom is 0.254 e. The summed E-state index contributed by atoms with van der Waals surface area (Å²) in [4.78, 5) is 21.6. The Morgan fingerprint density at radius 3 is 1.62 bits per heavy atom. The zero-order chi connectivity index (χ0) is 10.8. The van der Waals surface area contributed by atoms with Crippen molar-refractivity contribution < 1.29 is 9.59 Å². The average Bonchev–Trinajstić information content (AvgIpc) is 1.82. The van der Waals surface area contributed by atoms with E-state index in [0.29, 0.717) is 0 Å². The predicted octanol–water partition coefficient (Wildman–Crippen LogP) is 0.644. The van der Waals surface area contributed by atoms with E-state index in [1.165, 1.54) is 0 Å². The van der Waals surface area contributed by atoms with Gasteiger partial charge in [-0.1, -0.05) is 34.8 Å². The second-order valence-corrected chi connectivity index (χ2v) is 4.49. The molecular weight excluding hydrogens is 238 g/mol. The summed E-state index contributed by atoms with van der Waals surface area (Å²) in [5.74, 6) is -1.66. The molecule has 0 saturated carbocycles. The van der Waals surface area contributed by atoms with Gasteiger partial charge < -0.3 is 11.5 Å². The SMILES string of the molecule is CC(=O)C(C(N)=O)=C(N)C(Cl)(Cl)Cl. The Morgan fingerprint density at radius 1 is 1.15 bits per heavy atom. The minimum Gasteiger partial charge on any atom is -0.398 e. The largest absolute Gasteiger partial charge is 0.398 e. The Balaban J connectivity index is 5.36. The lowest BCUT2D eigenvalue weighted by Gasteiger charge is -2.13. The molecular formula is C6H7Cl3N2O2. The van der Waals surface area contributed by atoms with E-state index in [-0.39, 0.29) is 0 Å². The number of amides is 1. The van der Waals surface area contributed by atoms with Crippen LogP contribution in [0.25, 0.3) is 0 Å². The van der Waals surface area contributed by atoms with Crippen molar-refractivity contribution in [1.82, 2.24) is 0 Å². The van der Waals surface area contributed by atoms with E-state index in [2.05, 4.69) is 0 Å². The molecule has 0 aromatic carbocycles. The third kappa shape index (κ3) is 3.42. The van der Waals surface area contributed by atoms with Gasteiger partial charge in [-0.15, -0.1) is 0 Å². The zero-order valence-electron chi connectivity index (χ0n) is 6.61. The van der Waals surface area contributed by atoms with Crippen molar-refractivity contribution in [2.45, 2.75) is 10.7 Å². The summed E-state index contributed by atoms with van der Waals surface area (Å²) in [5, 5.41) is 0. The van der Waals surface area contributed by atoms with Crippen molar-refractivity contribution in [1.29, 1.82) is 0 Å². The highest BCUT2D eigenvalue weighted by Gasteiger charge is 2.30. The molecule has 0 aromatic heterocycles. The Morgan fingerprint density at radius 2 is 1.54 bits per heavy atom. The number of alkyl halides is 3. The number of nitrogens with two attached hydrogens (primary N) is 2. The molecule has 0 atom stereocenters. The molecule has 0 aliphatic carbocycles. The molecule has 0 fully saturated rings. The second-order valence-electron chi connectivity index (χ2n) is 2.21. The van der Waals surface area contributed by atoms with Gasteiger partial charge >= 0.3 is 0 Å². The fraction of sp³-hybridized carbons (Fsp3) is 0.333. The molecule has 0 saturated heterocycles. The number of carbonyl (C=O) groups excluding carboxylic acids is 2. The average molecular weight is 245 g/mol. The van der Waals surface area contributed by atoms with Crippen LogP contribution in [0.3, 0.4) is 0 Å². The fourth-order valence-corrected chi connectivity index (χ4v) is 0.921. The molecule has 0 rings (SSSR count). The van der Waals surface area contributed by atoms with Crippen LogP contribution in [-0.2, 0) is 9.59 Å². The number of hydrogen-bond donors (Lipinski definition) is 2. The van der Waals surface area contributed by atoms with Gasteiger partial charge in [-0.05, 0) is 6.92 Å². The molecule has 13 heavy (non-hydrogen) atoms. The summed E-state index contributed by atoms with van der Waals surface area (Å²) in [6.07, 6.45) is 0. The fourth-order valence-electron chi connectivity index (χ4n) is 0.638. The molecule has 0 radical (unpaired) electrons. The zero-order valence-corrected chi connectivity index (χ0v) is 8.87. The number of ketones is 1. The van der Waals surface area contributed by atoms with Crippen LogP contribution in [0.1, 0.15) is 6.92 Å². The predicted molar refractivity (Wildman–Crippen MR) is 51.4 cm³/mol. The van der Waals surface area contributed by atoms with Crippen molar-refractivity contribution in [3.63, 3.8) is 0 Å². The third-order valence-corrected chi connectivity index (χ3v) is 1.78. The lowest BCUT2D eigenvalue weighted by molar-refractivity contribution is -0.119. The van der Waals surface area contributed by atoms with Gasteiger partial charge in [0.25, 0.3) is 5.91 Å². The van der Waals surface area contributed by atoms with E-state index in [4.69, 9.17) is 46.3 Å². The van der Waals surface area contributed by atoms with Gasteiger partial charge in [-0.2, -0.15) is 0 Å². The lowest BCUT2D eigenvalue weighted by Crippen LogP contribution is -2.29. The monoisotopic (exact) mass is 244 g/mol. The summed E-state index contributed by atoms with van der Waals surface area (Å²) < 4.78 is -2.00. The normalized spacial score (nSPS) is 13.5. The van der Waals surface area contributed by atoms with Crippen molar-refractivity contribution in [2.75, 3.05) is 0 Å². The molecule has 0 aliphatic rings. The highest BCUT2D eigenvalue weighted by Crippen LogP contribution is 2.33. The first-order valence-corrected chi connectivity index (χ1v) is 4.19. The second kappa shape index (κ2) is 4.17. The van der Waals surface area contributed by atoms with Crippen molar-refractivity contribution in [2.24, 2.45) is 11.5 Å². The van der Waals surface area contributed by atoms with Gasteiger partial charge in [0.15, 0.2) is 5.78 Å². The molecule has 74 valence electrons. The smallest absolute Gasteiger partial charge is 0.254 e. The first kappa shape index (κ1) is 12.6. The summed E-state index contributed by atoms with van der Waals surface area (Å²) in [6, 6.07) is 0. The van der Waals surface area contributed by atoms with Crippen LogP contribution in [0.5, 0.6) is 0 Å². The third-order valence-electron chi connectivity index (χ3n) is 1.17. The Bertz CT molecular complexity index is 264. The number of allylic oxidation sites excluding steroid dienone is 1. The van der Waals surface area contributed by atoms with Crippen LogP contribution in [0.2, 0.25) is 0 Å². The van der Waals surface area contributed by atoms with Crippen LogP contribution in [0.4, 0.5) is 0 Å². The molecule has 7 heteroatoms. The standard InChI is InChI=1S/C6H7Cl3N2O2/c1-2(12)3(5(11)13)4(10)6(7,8)9/h10H2,1H3,(H2,11,13). The number of primary amides is 1. The number of rotatable bonds is 2. The van der Waals surface area contributed by atoms with Crippen molar-refractivity contribution >= 4 is 46.5 Å². The number of hydrogen-bond acceptors (Lipinski definition) is 3. The van der Waals surface area contributed by atoms with Crippen LogP contribution in [0, 0.1) is 0 Å². The van der Waals surface area contributed by atoms with E-state index in [9.17, 15) is 9.59 Å². The molecule has 0 bridgehead atoms. The molecule has 0 aromatic rings.